The molecule has 0 spiro atoms. The number of para-hydroxylation sites is 1. The standard InChI is InChI=1S/C21H22N2O3.C12H17N3O3.C8H10O.2CH4/c1-14-5-3-4-6-17(14)19-12-15-11-16(23-7-9-26-10-8-23)13-18(20(15)22-19)21(24)25-2;1-17-12(16)9-6-8(7-10(13)11(9)14)15-2-4-18-5-3-15;1-7-5-3-4-6-8(7)9-2;;/h3-6,11,13H,7-10,12H2,1-2H3;6-7H,2-5,13-14H2,1H3;3-6H,1-2H3;2*1H4. The van der Waals surface area contributed by atoms with Gasteiger partial charge in [-0.05, 0) is 66.4 Å². The monoisotopic (exact) mass is 755 g/mol. The lowest BCUT2D eigenvalue weighted by molar-refractivity contribution is 0.0593. The number of fused-ring (bicyclic) bond motifs is 1. The molecule has 7 rings (SSSR count). The highest BCUT2D eigenvalue weighted by molar-refractivity contribution is 6.10. The fraction of sp³-hybridized carbons (Fsp3) is 0.372. The molecule has 0 radical (unpaired) electrons. The number of nitrogen functional groups attached to an aromatic ring is 2. The van der Waals surface area contributed by atoms with Gasteiger partial charge in [-0.2, -0.15) is 0 Å². The van der Waals surface area contributed by atoms with Crippen LogP contribution in [-0.4, -0.2) is 91.6 Å². The van der Waals surface area contributed by atoms with Gasteiger partial charge in [0.05, 0.1) is 81.7 Å². The average molecular weight is 756 g/mol. The molecule has 0 unspecified atom stereocenters. The Morgan fingerprint density at radius 2 is 1.20 bits per heavy atom. The Morgan fingerprint density at radius 3 is 1.73 bits per heavy atom. The van der Waals surface area contributed by atoms with Crippen molar-refractivity contribution in [3.8, 4) is 5.75 Å². The van der Waals surface area contributed by atoms with E-state index in [0.717, 1.165) is 72.3 Å². The van der Waals surface area contributed by atoms with E-state index >= 15 is 0 Å². The van der Waals surface area contributed by atoms with Crippen LogP contribution in [0.1, 0.15) is 57.8 Å². The van der Waals surface area contributed by atoms with Crippen LogP contribution in [0, 0.1) is 13.8 Å². The number of morpholine rings is 2. The molecular weight excluding hydrogens is 699 g/mol. The number of rotatable bonds is 6. The van der Waals surface area contributed by atoms with Gasteiger partial charge in [0.1, 0.15) is 5.75 Å². The predicted octanol–water partition coefficient (Wildman–Crippen LogP) is 7.05. The lowest BCUT2D eigenvalue weighted by atomic mass is 9.98. The Morgan fingerprint density at radius 1 is 0.691 bits per heavy atom. The summed E-state index contributed by atoms with van der Waals surface area (Å²) >= 11 is 0. The normalized spacial score (nSPS) is 14.2. The maximum absolute atomic E-state index is 12.4. The SMILES string of the molecule is C.C.COC(=O)c1cc(N2CCOCC2)cc(N)c1N.COC(=O)c1cc(N2CCOCC2)cc2c1N=C(c1ccccc1C)C2.COc1ccccc1C. The van der Waals surface area contributed by atoms with Crippen molar-refractivity contribution in [3.63, 3.8) is 0 Å². The number of nitrogens with zero attached hydrogens (tertiary/aromatic N) is 3. The highest BCUT2D eigenvalue weighted by atomic mass is 16.5. The number of carbonyl (C=O) groups is 2. The summed E-state index contributed by atoms with van der Waals surface area (Å²) in [6.45, 7) is 10.0. The lowest BCUT2D eigenvalue weighted by Crippen LogP contribution is -2.36. The molecule has 12 heteroatoms. The van der Waals surface area contributed by atoms with Gasteiger partial charge in [0, 0.05) is 44.0 Å². The smallest absolute Gasteiger partial charge is 0.340 e. The number of benzene rings is 4. The summed E-state index contributed by atoms with van der Waals surface area (Å²) in [5, 5.41) is 0. The number of hydrogen-bond acceptors (Lipinski definition) is 12. The van der Waals surface area contributed by atoms with E-state index in [0.29, 0.717) is 43.2 Å². The van der Waals surface area contributed by atoms with Crippen LogP contribution in [0.2, 0.25) is 0 Å². The average Bonchev–Trinajstić information content (AvgIpc) is 3.63. The van der Waals surface area contributed by atoms with Crippen LogP contribution in [0.15, 0.2) is 77.8 Å². The molecule has 3 aliphatic heterocycles. The molecule has 3 aliphatic rings. The van der Waals surface area contributed by atoms with Crippen LogP contribution in [0.5, 0.6) is 5.75 Å². The summed E-state index contributed by atoms with van der Waals surface area (Å²) < 4.78 is 25.5. The van der Waals surface area contributed by atoms with Gasteiger partial charge in [-0.3, -0.25) is 4.99 Å². The van der Waals surface area contributed by atoms with E-state index in [1.54, 1.807) is 19.2 Å². The minimum absolute atomic E-state index is 0. The molecule has 0 atom stereocenters. The number of aliphatic imine (C=N–C) groups is 1. The number of methoxy groups -OCH3 is 3. The van der Waals surface area contributed by atoms with E-state index in [1.807, 2.05) is 49.4 Å². The zero-order valence-corrected chi connectivity index (χ0v) is 31.1. The highest BCUT2D eigenvalue weighted by Gasteiger charge is 2.26. The number of esters is 2. The molecule has 4 aromatic carbocycles. The number of aryl methyl sites for hydroxylation is 2. The zero-order valence-electron chi connectivity index (χ0n) is 31.1. The second kappa shape index (κ2) is 20.8. The van der Waals surface area contributed by atoms with Gasteiger partial charge in [0.15, 0.2) is 0 Å². The summed E-state index contributed by atoms with van der Waals surface area (Å²) in [5.41, 5.74) is 21.3. The molecule has 0 bridgehead atoms. The van der Waals surface area contributed by atoms with Crippen LogP contribution in [0.25, 0.3) is 0 Å². The van der Waals surface area contributed by atoms with Crippen molar-refractivity contribution in [2.24, 2.45) is 4.99 Å². The summed E-state index contributed by atoms with van der Waals surface area (Å²) in [6.07, 6.45) is 0.725. The number of anilines is 4. The molecule has 3 heterocycles. The molecule has 4 aromatic rings. The fourth-order valence-electron chi connectivity index (χ4n) is 6.35. The van der Waals surface area contributed by atoms with Gasteiger partial charge >= 0.3 is 11.9 Å². The second-order valence-corrected chi connectivity index (χ2v) is 12.7. The van der Waals surface area contributed by atoms with Crippen molar-refractivity contribution >= 4 is 46.1 Å². The molecule has 0 amide bonds. The number of ether oxygens (including phenoxy) is 5. The molecule has 4 N–H and O–H groups in total. The van der Waals surface area contributed by atoms with Crippen molar-refractivity contribution < 1.29 is 33.3 Å². The van der Waals surface area contributed by atoms with Crippen molar-refractivity contribution in [3.05, 3.63) is 106 Å². The first kappa shape index (κ1) is 43.8. The van der Waals surface area contributed by atoms with Crippen molar-refractivity contribution in [2.45, 2.75) is 35.1 Å². The third-order valence-electron chi connectivity index (χ3n) is 9.31. The maximum atomic E-state index is 12.4. The van der Waals surface area contributed by atoms with Crippen molar-refractivity contribution in [2.75, 3.05) is 95.2 Å². The highest BCUT2D eigenvalue weighted by Crippen LogP contribution is 2.37. The molecule has 0 aromatic heterocycles. The van der Waals surface area contributed by atoms with Crippen LogP contribution in [-0.2, 0) is 25.4 Å². The second-order valence-electron chi connectivity index (χ2n) is 12.7. The van der Waals surface area contributed by atoms with Crippen LogP contribution < -0.4 is 26.0 Å². The maximum Gasteiger partial charge on any atom is 0.340 e. The number of carbonyl (C=O) groups excluding carboxylic acids is 2. The summed E-state index contributed by atoms with van der Waals surface area (Å²) in [6, 6.07) is 23.7. The zero-order chi connectivity index (χ0) is 37.9. The van der Waals surface area contributed by atoms with Crippen LogP contribution in [0.4, 0.5) is 28.4 Å². The summed E-state index contributed by atoms with van der Waals surface area (Å²) in [5.74, 6) is 0.137. The Kier molecular flexibility index (Phi) is 16.5. The number of nitrogens with two attached hydrogens (primary N) is 2. The molecule has 296 valence electrons. The molecule has 0 saturated carbocycles. The first-order valence-corrected chi connectivity index (χ1v) is 17.6. The summed E-state index contributed by atoms with van der Waals surface area (Å²) in [4.78, 5) is 33.2. The first-order valence-electron chi connectivity index (χ1n) is 17.6. The lowest BCUT2D eigenvalue weighted by Gasteiger charge is -2.29. The van der Waals surface area contributed by atoms with Gasteiger partial charge in [-0.25, -0.2) is 9.59 Å². The Labute approximate surface area is 326 Å². The molecule has 12 nitrogen and oxygen atoms in total. The quantitative estimate of drug-likeness (QED) is 0.154. The van der Waals surface area contributed by atoms with E-state index in [-0.39, 0.29) is 26.5 Å². The van der Waals surface area contributed by atoms with Gasteiger partial charge in [-0.1, -0.05) is 57.3 Å². The minimum Gasteiger partial charge on any atom is -0.496 e. The van der Waals surface area contributed by atoms with E-state index in [4.69, 9.17) is 40.1 Å². The largest absolute Gasteiger partial charge is 0.496 e. The van der Waals surface area contributed by atoms with Crippen LogP contribution >= 0.6 is 0 Å². The van der Waals surface area contributed by atoms with Gasteiger partial charge in [0.25, 0.3) is 0 Å². The first-order chi connectivity index (χ1) is 25.6. The van der Waals surface area contributed by atoms with Crippen molar-refractivity contribution in [1.29, 1.82) is 0 Å². The molecule has 2 fully saturated rings. The molecule has 55 heavy (non-hydrogen) atoms. The number of hydrogen-bond donors (Lipinski definition) is 2. The van der Waals surface area contributed by atoms with Gasteiger partial charge in [0.2, 0.25) is 0 Å². The Bertz CT molecular complexity index is 1930. The van der Waals surface area contributed by atoms with Crippen molar-refractivity contribution in [1.82, 2.24) is 0 Å². The fourth-order valence-corrected chi connectivity index (χ4v) is 6.35. The Balaban J connectivity index is 0.000000244. The molecule has 2 saturated heterocycles. The molecule has 0 aliphatic carbocycles. The third kappa shape index (κ3) is 10.8. The van der Waals surface area contributed by atoms with E-state index < -0.39 is 5.97 Å². The topological polar surface area (TPSA) is 151 Å². The minimum atomic E-state index is -0.477. The summed E-state index contributed by atoms with van der Waals surface area (Å²) in [7, 11) is 4.42. The van der Waals surface area contributed by atoms with Crippen LogP contribution in [0.3, 0.4) is 0 Å². The van der Waals surface area contributed by atoms with E-state index in [9.17, 15) is 9.59 Å². The third-order valence-corrected chi connectivity index (χ3v) is 9.31. The van der Waals surface area contributed by atoms with Gasteiger partial charge < -0.3 is 45.0 Å². The van der Waals surface area contributed by atoms with Gasteiger partial charge in [-0.15, -0.1) is 0 Å². The van der Waals surface area contributed by atoms with E-state index in [2.05, 4.69) is 34.9 Å². The molecular formula is C43H57N5O7. The van der Waals surface area contributed by atoms with E-state index in [1.165, 1.54) is 25.3 Å². The Hall–Kier alpha value is -5.59. The predicted molar refractivity (Wildman–Crippen MR) is 223 cm³/mol.